The molecule has 0 radical (unpaired) electrons. The summed E-state index contributed by atoms with van der Waals surface area (Å²) in [5, 5.41) is 4.84. The highest BCUT2D eigenvalue weighted by atomic mass is 19.1. The lowest BCUT2D eigenvalue weighted by Gasteiger charge is -2.23. The summed E-state index contributed by atoms with van der Waals surface area (Å²) in [5.74, 6) is -0.626. The SMILES string of the molecule is Cc1ccc2c(c1)c1cc(C)ccc1n2C[C@@H](C)C1=C(c2cccc(F)c2)C(n2c3ccc(C)cc3c3cc(C)ccc32)=C(c2cccc(F)c2)C1C. The Morgan fingerprint density at radius 1 is 0.547 bits per heavy atom. The number of rotatable bonds is 6. The molecule has 2 heterocycles. The number of hydrogen-bond acceptors (Lipinski definition) is 0. The molecule has 1 aliphatic rings. The van der Waals surface area contributed by atoms with Crippen LogP contribution in [0.25, 0.3) is 60.5 Å². The molecule has 53 heavy (non-hydrogen) atoms. The van der Waals surface area contributed by atoms with Gasteiger partial charge in [0.2, 0.25) is 0 Å². The Morgan fingerprint density at radius 3 is 1.47 bits per heavy atom. The largest absolute Gasteiger partial charge is 0.340 e. The molecule has 2 aromatic heterocycles. The average molecular weight is 697 g/mol. The van der Waals surface area contributed by atoms with Crippen molar-refractivity contribution in [3.05, 3.63) is 172 Å². The van der Waals surface area contributed by atoms with Crippen LogP contribution in [0.5, 0.6) is 0 Å². The van der Waals surface area contributed by atoms with Gasteiger partial charge in [0.05, 0.1) is 16.7 Å². The van der Waals surface area contributed by atoms with Crippen LogP contribution in [0.4, 0.5) is 8.78 Å². The van der Waals surface area contributed by atoms with E-state index in [1.165, 1.54) is 72.5 Å². The van der Waals surface area contributed by atoms with E-state index < -0.39 is 0 Å². The zero-order valence-corrected chi connectivity index (χ0v) is 31.1. The third-order valence-corrected chi connectivity index (χ3v) is 11.4. The zero-order chi connectivity index (χ0) is 36.7. The number of aryl methyl sites for hydroxylation is 4. The van der Waals surface area contributed by atoms with E-state index in [0.29, 0.717) is 0 Å². The van der Waals surface area contributed by atoms with Gasteiger partial charge in [0.1, 0.15) is 11.6 Å². The van der Waals surface area contributed by atoms with Gasteiger partial charge >= 0.3 is 0 Å². The Hall–Kier alpha value is -5.74. The van der Waals surface area contributed by atoms with Gasteiger partial charge in [0.25, 0.3) is 0 Å². The Balaban J connectivity index is 1.36. The molecule has 0 fully saturated rings. The van der Waals surface area contributed by atoms with Gasteiger partial charge in [-0.3, -0.25) is 0 Å². The van der Waals surface area contributed by atoms with E-state index in [-0.39, 0.29) is 23.5 Å². The summed E-state index contributed by atoms with van der Waals surface area (Å²) >= 11 is 0. The van der Waals surface area contributed by atoms with Gasteiger partial charge in [-0.05, 0) is 129 Å². The molecule has 0 aliphatic heterocycles. The fourth-order valence-corrected chi connectivity index (χ4v) is 9.14. The van der Waals surface area contributed by atoms with Gasteiger partial charge in [0.15, 0.2) is 0 Å². The van der Waals surface area contributed by atoms with Gasteiger partial charge in [-0.2, -0.15) is 0 Å². The molecule has 4 heteroatoms. The fraction of sp³-hybridized carbons (Fsp3) is 0.184. The second kappa shape index (κ2) is 12.4. The van der Waals surface area contributed by atoms with Crippen molar-refractivity contribution in [2.75, 3.05) is 0 Å². The van der Waals surface area contributed by atoms with Gasteiger partial charge < -0.3 is 9.13 Å². The summed E-state index contributed by atoms with van der Waals surface area (Å²) in [6, 6.07) is 40.7. The Labute approximate surface area is 309 Å². The maximum absolute atomic E-state index is 15.4. The predicted molar refractivity (Wildman–Crippen MR) is 219 cm³/mol. The number of aromatic nitrogens is 2. The normalized spacial score (nSPS) is 15.6. The van der Waals surface area contributed by atoms with Gasteiger partial charge in [-0.15, -0.1) is 0 Å². The van der Waals surface area contributed by atoms with Crippen molar-refractivity contribution in [3.63, 3.8) is 0 Å². The minimum atomic E-state index is -0.283. The molecular weight excluding hydrogens is 655 g/mol. The first kappa shape index (κ1) is 33.1. The second-order valence-electron chi connectivity index (χ2n) is 15.3. The molecule has 0 spiro atoms. The van der Waals surface area contributed by atoms with Crippen molar-refractivity contribution >= 4 is 60.5 Å². The highest BCUT2D eigenvalue weighted by Gasteiger charge is 2.37. The lowest BCUT2D eigenvalue weighted by Crippen LogP contribution is -2.15. The van der Waals surface area contributed by atoms with Crippen LogP contribution in [-0.4, -0.2) is 9.13 Å². The van der Waals surface area contributed by atoms with Crippen molar-refractivity contribution in [3.8, 4) is 0 Å². The highest BCUT2D eigenvalue weighted by Crippen LogP contribution is 2.54. The molecule has 0 saturated heterocycles. The molecule has 0 bridgehead atoms. The second-order valence-corrected chi connectivity index (χ2v) is 15.3. The molecule has 0 amide bonds. The molecule has 262 valence electrons. The third-order valence-electron chi connectivity index (χ3n) is 11.4. The number of benzene rings is 6. The van der Waals surface area contributed by atoms with Crippen molar-refractivity contribution in [2.24, 2.45) is 11.8 Å². The zero-order valence-electron chi connectivity index (χ0n) is 31.1. The molecule has 2 nitrogen and oxygen atoms in total. The third kappa shape index (κ3) is 5.34. The van der Waals surface area contributed by atoms with E-state index in [0.717, 1.165) is 45.5 Å². The van der Waals surface area contributed by atoms with Crippen molar-refractivity contribution in [1.82, 2.24) is 9.13 Å². The molecule has 6 aromatic carbocycles. The summed E-state index contributed by atoms with van der Waals surface area (Å²) in [5.41, 5.74) is 15.3. The van der Waals surface area contributed by atoms with Crippen LogP contribution in [-0.2, 0) is 6.54 Å². The first-order valence-corrected chi connectivity index (χ1v) is 18.6. The molecule has 0 N–H and O–H groups in total. The van der Waals surface area contributed by atoms with Crippen LogP contribution in [0.15, 0.2) is 127 Å². The predicted octanol–water partition coefficient (Wildman–Crippen LogP) is 13.2. The number of fused-ring (bicyclic) bond motifs is 6. The van der Waals surface area contributed by atoms with Crippen molar-refractivity contribution < 1.29 is 8.78 Å². The van der Waals surface area contributed by atoms with Gasteiger partial charge in [-0.1, -0.05) is 84.6 Å². The Bertz CT molecular complexity index is 2740. The summed E-state index contributed by atoms with van der Waals surface area (Å²) in [4.78, 5) is 0. The monoisotopic (exact) mass is 696 g/mol. The molecule has 8 aromatic rings. The minimum absolute atomic E-state index is 0.0308. The van der Waals surface area contributed by atoms with E-state index in [2.05, 4.69) is 123 Å². The summed E-state index contributed by atoms with van der Waals surface area (Å²) in [6.45, 7) is 13.8. The molecule has 0 saturated carbocycles. The quantitative estimate of drug-likeness (QED) is 0.164. The van der Waals surface area contributed by atoms with Crippen molar-refractivity contribution in [2.45, 2.75) is 48.1 Å². The minimum Gasteiger partial charge on any atom is -0.340 e. The average Bonchev–Trinajstić information content (AvgIpc) is 3.72. The topological polar surface area (TPSA) is 9.86 Å². The van der Waals surface area contributed by atoms with Crippen LogP contribution in [0, 0.1) is 51.2 Å². The van der Waals surface area contributed by atoms with E-state index in [4.69, 9.17) is 0 Å². The summed E-state index contributed by atoms with van der Waals surface area (Å²) in [7, 11) is 0. The van der Waals surface area contributed by atoms with E-state index >= 15 is 8.78 Å². The number of nitrogens with zero attached hydrogens (tertiary/aromatic N) is 2. The first-order chi connectivity index (χ1) is 25.6. The molecule has 1 unspecified atom stereocenters. The molecule has 9 rings (SSSR count). The van der Waals surface area contributed by atoms with Crippen molar-refractivity contribution in [1.29, 1.82) is 0 Å². The number of hydrogen-bond donors (Lipinski definition) is 0. The smallest absolute Gasteiger partial charge is 0.123 e. The van der Waals surface area contributed by atoms with Crippen LogP contribution in [0.2, 0.25) is 0 Å². The van der Waals surface area contributed by atoms with Crippen LogP contribution in [0.3, 0.4) is 0 Å². The van der Waals surface area contributed by atoms with Crippen LogP contribution < -0.4 is 0 Å². The van der Waals surface area contributed by atoms with E-state index in [9.17, 15) is 0 Å². The standard InChI is InChI=1S/C49H42F2N2/c1-28-13-17-42-38(21-28)39-22-29(2)14-18-43(39)52(42)27-32(5)46-33(6)47(34-9-7-11-36(50)25-34)49(48(46)35-10-8-12-37(51)26-35)53-44-19-15-30(3)23-40(44)41-24-31(4)16-20-45(41)53/h7-26,32-33H,27H2,1-6H3/t32-,33?/m1/s1. The van der Waals surface area contributed by atoms with E-state index in [1.54, 1.807) is 24.3 Å². The lowest BCUT2D eigenvalue weighted by molar-refractivity contribution is 0.539. The maximum Gasteiger partial charge on any atom is 0.123 e. The van der Waals surface area contributed by atoms with Crippen LogP contribution in [0.1, 0.15) is 47.2 Å². The molecule has 1 aliphatic carbocycles. The van der Waals surface area contributed by atoms with Gasteiger partial charge in [0, 0.05) is 50.6 Å². The first-order valence-electron chi connectivity index (χ1n) is 18.6. The Kier molecular flexibility index (Phi) is 7.78. The number of halogens is 2. The van der Waals surface area contributed by atoms with E-state index in [1.807, 2.05) is 12.1 Å². The summed E-state index contributed by atoms with van der Waals surface area (Å²) in [6.07, 6.45) is 0. The molecule has 2 atom stereocenters. The van der Waals surface area contributed by atoms with Gasteiger partial charge in [-0.25, -0.2) is 8.78 Å². The summed E-state index contributed by atoms with van der Waals surface area (Å²) < 4.78 is 35.5. The fourth-order valence-electron chi connectivity index (χ4n) is 9.14. The maximum atomic E-state index is 15.4. The number of allylic oxidation sites excluding steroid dienone is 4. The lowest BCUT2D eigenvalue weighted by atomic mass is 9.84. The highest BCUT2D eigenvalue weighted by molar-refractivity contribution is 6.21. The Morgan fingerprint density at radius 2 is 0.981 bits per heavy atom. The van der Waals surface area contributed by atoms with Crippen LogP contribution >= 0.6 is 0 Å². The molecular formula is C49H42F2N2.